The summed E-state index contributed by atoms with van der Waals surface area (Å²) in [6, 6.07) is -1.53. The fraction of sp³-hybridized carbons (Fsp3) is 0.659. The van der Waals surface area contributed by atoms with E-state index < -0.39 is 51.1 Å². The van der Waals surface area contributed by atoms with Crippen molar-refractivity contribution in [1.82, 2.24) is 0 Å². The lowest BCUT2D eigenvalue weighted by atomic mass is 10.1. The molecular formula is C44H74NO10P. The molecule has 0 spiro atoms. The molecule has 12 heteroatoms. The summed E-state index contributed by atoms with van der Waals surface area (Å²) in [5, 5.41) is 8.88. The molecule has 0 aromatic rings. The molecule has 3 atom stereocenters. The highest BCUT2D eigenvalue weighted by atomic mass is 31.2. The highest BCUT2D eigenvalue weighted by Gasteiger charge is 2.28. The lowest BCUT2D eigenvalue weighted by Crippen LogP contribution is -2.34. The number of carbonyl (C=O) groups is 3. The molecule has 1 unspecified atom stereocenters. The van der Waals surface area contributed by atoms with E-state index in [-0.39, 0.29) is 19.4 Å². The molecule has 0 aliphatic heterocycles. The van der Waals surface area contributed by atoms with E-state index >= 15 is 0 Å². The molecule has 0 radical (unpaired) electrons. The second-order valence-electron chi connectivity index (χ2n) is 13.7. The molecule has 11 nitrogen and oxygen atoms in total. The molecule has 56 heavy (non-hydrogen) atoms. The third kappa shape index (κ3) is 37.8. The van der Waals surface area contributed by atoms with Crippen molar-refractivity contribution in [3.8, 4) is 0 Å². The van der Waals surface area contributed by atoms with Gasteiger partial charge in [0.1, 0.15) is 12.6 Å². The van der Waals surface area contributed by atoms with Gasteiger partial charge in [-0.15, -0.1) is 0 Å². The fourth-order valence-electron chi connectivity index (χ4n) is 5.14. The number of nitrogens with two attached hydrogens (primary N) is 1. The third-order valence-corrected chi connectivity index (χ3v) is 9.39. The average Bonchev–Trinajstić information content (AvgIpc) is 3.17. The highest BCUT2D eigenvalue weighted by molar-refractivity contribution is 7.47. The van der Waals surface area contributed by atoms with E-state index in [1.807, 2.05) is 0 Å². The summed E-state index contributed by atoms with van der Waals surface area (Å²) in [5.74, 6) is -2.44. The SMILES string of the molecule is CC/C=C\C/C=C\C/C=C\CCCCCCCC(=O)OC[C@H](COP(=O)(O)OC[C@H](N)C(=O)O)OC(=O)CCCCCC/C=C\C/C=C\C/C=C\CCCCC. The van der Waals surface area contributed by atoms with Crippen LogP contribution in [-0.2, 0) is 37.5 Å². The van der Waals surface area contributed by atoms with Gasteiger partial charge in [0.05, 0.1) is 13.2 Å². The van der Waals surface area contributed by atoms with Crippen molar-refractivity contribution >= 4 is 25.7 Å². The second kappa shape index (κ2) is 38.8. The Balaban J connectivity index is 4.48. The van der Waals surface area contributed by atoms with Gasteiger partial charge in [0, 0.05) is 12.8 Å². The van der Waals surface area contributed by atoms with Crippen LogP contribution in [0.4, 0.5) is 0 Å². The number of allylic oxidation sites excluding steroid dienone is 12. The fourth-order valence-corrected chi connectivity index (χ4v) is 5.92. The number of hydrogen-bond acceptors (Lipinski definition) is 9. The number of hydrogen-bond donors (Lipinski definition) is 3. The number of carbonyl (C=O) groups excluding carboxylic acids is 2. The number of phosphoric acid groups is 1. The molecule has 0 aliphatic rings. The van der Waals surface area contributed by atoms with E-state index in [0.29, 0.717) is 12.8 Å². The van der Waals surface area contributed by atoms with Crippen LogP contribution in [0.5, 0.6) is 0 Å². The van der Waals surface area contributed by atoms with Gasteiger partial charge in [-0.3, -0.25) is 23.4 Å². The lowest BCUT2D eigenvalue weighted by Gasteiger charge is -2.20. The van der Waals surface area contributed by atoms with E-state index in [1.54, 1.807) is 0 Å². The summed E-state index contributed by atoms with van der Waals surface area (Å²) >= 11 is 0. The molecule has 0 bridgehead atoms. The number of unbranched alkanes of at least 4 members (excludes halogenated alkanes) is 12. The quantitative estimate of drug-likeness (QED) is 0.0235. The smallest absolute Gasteiger partial charge is 0.472 e. The van der Waals surface area contributed by atoms with Gasteiger partial charge in [0.25, 0.3) is 0 Å². The van der Waals surface area contributed by atoms with Crippen molar-refractivity contribution in [3.63, 3.8) is 0 Å². The molecule has 320 valence electrons. The minimum absolute atomic E-state index is 0.128. The van der Waals surface area contributed by atoms with Gasteiger partial charge in [-0.05, 0) is 83.5 Å². The van der Waals surface area contributed by atoms with Crippen LogP contribution >= 0.6 is 7.82 Å². The summed E-state index contributed by atoms with van der Waals surface area (Å²) in [6.07, 6.45) is 45.3. The van der Waals surface area contributed by atoms with E-state index in [1.165, 1.54) is 19.3 Å². The van der Waals surface area contributed by atoms with Crippen molar-refractivity contribution in [2.45, 2.75) is 167 Å². The Labute approximate surface area is 338 Å². The number of rotatable bonds is 38. The van der Waals surface area contributed by atoms with Gasteiger partial charge in [-0.1, -0.05) is 132 Å². The van der Waals surface area contributed by atoms with E-state index in [2.05, 4.69) is 91.3 Å². The molecule has 0 rings (SSSR count). The van der Waals surface area contributed by atoms with E-state index in [4.69, 9.17) is 24.8 Å². The number of carboxylic acid groups (broad SMARTS) is 1. The molecule has 0 saturated heterocycles. The Morgan fingerprint density at radius 3 is 1.50 bits per heavy atom. The average molecular weight is 808 g/mol. The first-order chi connectivity index (χ1) is 27.1. The second-order valence-corrected chi connectivity index (χ2v) is 15.2. The Bertz CT molecular complexity index is 1230. The highest BCUT2D eigenvalue weighted by Crippen LogP contribution is 2.43. The Morgan fingerprint density at radius 2 is 1.00 bits per heavy atom. The lowest BCUT2D eigenvalue weighted by molar-refractivity contribution is -0.161. The zero-order valence-corrected chi connectivity index (χ0v) is 35.3. The molecular weight excluding hydrogens is 733 g/mol. The van der Waals surface area contributed by atoms with Crippen LogP contribution in [0.15, 0.2) is 72.9 Å². The summed E-state index contributed by atoms with van der Waals surface area (Å²) < 4.78 is 32.6. The molecule has 0 saturated carbocycles. The van der Waals surface area contributed by atoms with Crippen molar-refractivity contribution in [3.05, 3.63) is 72.9 Å². The van der Waals surface area contributed by atoms with Crippen LogP contribution < -0.4 is 5.73 Å². The van der Waals surface area contributed by atoms with Gasteiger partial charge in [-0.2, -0.15) is 0 Å². The van der Waals surface area contributed by atoms with Crippen LogP contribution in [-0.4, -0.2) is 59.9 Å². The normalized spacial score (nSPS) is 14.5. The largest absolute Gasteiger partial charge is 0.480 e. The molecule has 0 aliphatic carbocycles. The predicted octanol–water partition coefficient (Wildman–Crippen LogP) is 10.9. The van der Waals surface area contributed by atoms with Crippen molar-refractivity contribution < 1.29 is 47.5 Å². The molecule has 4 N–H and O–H groups in total. The monoisotopic (exact) mass is 808 g/mol. The minimum Gasteiger partial charge on any atom is -0.480 e. The Morgan fingerprint density at radius 1 is 0.571 bits per heavy atom. The molecule has 0 amide bonds. The van der Waals surface area contributed by atoms with Crippen LogP contribution in [0.1, 0.15) is 155 Å². The zero-order valence-electron chi connectivity index (χ0n) is 34.4. The summed E-state index contributed by atoms with van der Waals surface area (Å²) in [6.45, 7) is 2.60. The van der Waals surface area contributed by atoms with E-state index in [9.17, 15) is 23.8 Å². The van der Waals surface area contributed by atoms with Crippen LogP contribution in [0.2, 0.25) is 0 Å². The van der Waals surface area contributed by atoms with Crippen LogP contribution in [0.3, 0.4) is 0 Å². The first-order valence-electron chi connectivity index (χ1n) is 21.0. The van der Waals surface area contributed by atoms with Crippen LogP contribution in [0, 0.1) is 0 Å². The van der Waals surface area contributed by atoms with Crippen LogP contribution in [0.25, 0.3) is 0 Å². The Kier molecular flexibility index (Phi) is 36.6. The molecule has 0 aromatic heterocycles. The number of aliphatic carboxylic acids is 1. The molecule has 0 heterocycles. The number of esters is 2. The van der Waals surface area contributed by atoms with Crippen molar-refractivity contribution in [2.75, 3.05) is 19.8 Å². The van der Waals surface area contributed by atoms with E-state index in [0.717, 1.165) is 96.3 Å². The van der Waals surface area contributed by atoms with Gasteiger partial charge < -0.3 is 25.2 Å². The zero-order chi connectivity index (χ0) is 41.4. The topological polar surface area (TPSA) is 172 Å². The maximum absolute atomic E-state index is 12.6. The first kappa shape index (κ1) is 52.9. The Hall–Kier alpha value is -3.08. The van der Waals surface area contributed by atoms with Crippen molar-refractivity contribution in [2.24, 2.45) is 5.73 Å². The standard InChI is InChI=1S/C44H74NO10P/c1-3-5-7-9-11-13-15-17-19-20-22-24-26-28-30-32-34-36-43(47)55-40(38-53-56(50,51)54-39-41(45)44(48)49)37-52-42(46)35-33-31-29-27-25-23-21-18-16-14-12-10-8-6-4-2/h6,8,11-14,17-19,21-22,24,40-41H,3-5,7,9-10,15-16,20,23,25-39,45H2,1-2H3,(H,48,49)(H,50,51)/b8-6-,13-11-,14-12-,19-17-,21-18-,24-22-/t40-,41+/m1/s1. The number of carboxylic acids is 1. The molecule has 0 aromatic carbocycles. The maximum Gasteiger partial charge on any atom is 0.472 e. The number of phosphoric ester groups is 1. The van der Waals surface area contributed by atoms with Gasteiger partial charge in [0.15, 0.2) is 6.10 Å². The summed E-state index contributed by atoms with van der Waals surface area (Å²) in [4.78, 5) is 45.9. The molecule has 0 fully saturated rings. The van der Waals surface area contributed by atoms with Crippen molar-refractivity contribution in [1.29, 1.82) is 0 Å². The maximum atomic E-state index is 12.6. The predicted molar refractivity (Wildman–Crippen MR) is 226 cm³/mol. The van der Waals surface area contributed by atoms with Gasteiger partial charge in [-0.25, -0.2) is 4.57 Å². The first-order valence-corrected chi connectivity index (χ1v) is 22.5. The number of ether oxygens (including phenoxy) is 2. The van der Waals surface area contributed by atoms with Gasteiger partial charge >= 0.3 is 25.7 Å². The summed E-state index contributed by atoms with van der Waals surface area (Å²) in [7, 11) is -4.73. The van der Waals surface area contributed by atoms with Gasteiger partial charge in [0.2, 0.25) is 0 Å². The third-order valence-electron chi connectivity index (χ3n) is 8.44. The summed E-state index contributed by atoms with van der Waals surface area (Å²) in [5.41, 5.74) is 5.32. The minimum atomic E-state index is -4.73.